The number of non-ortho nitro benzene ring substituents is 1. The van der Waals surface area contributed by atoms with Gasteiger partial charge < -0.3 is 0 Å². The van der Waals surface area contributed by atoms with Crippen LogP contribution in [0.3, 0.4) is 0 Å². The fraction of sp³-hybridized carbons (Fsp3) is 0.500. The van der Waals surface area contributed by atoms with Gasteiger partial charge in [0.1, 0.15) is 5.84 Å². The van der Waals surface area contributed by atoms with Crippen LogP contribution < -0.4 is 4.72 Å². The fourth-order valence-corrected chi connectivity index (χ4v) is 4.25. The summed E-state index contributed by atoms with van der Waals surface area (Å²) in [5, 5.41) is 10.6. The third kappa shape index (κ3) is 4.74. The summed E-state index contributed by atoms with van der Waals surface area (Å²) in [5.41, 5.74) is -0.154. The number of benzene rings is 1. The third-order valence-electron chi connectivity index (χ3n) is 3.65. The standard InChI is InChI=1S/C14H18BrN3O4S/c1-10(16-14-5-3-2-4-13(14)15)17-23(21,22)12-8-6-11(7-9-12)18(19)20/h6-9,13-14H,2-5H2,1H3,(H,16,17)/t13-,14-/m0/s1. The minimum atomic E-state index is -3.79. The third-order valence-corrected chi connectivity index (χ3v) is 6.17. The molecule has 1 N–H and O–H groups in total. The SMILES string of the molecule is CC(=N[C@H]1CCCC[C@@H]1Br)NS(=O)(=O)c1ccc([N+](=O)[O-])cc1. The van der Waals surface area contributed by atoms with Gasteiger partial charge in [-0.2, -0.15) is 0 Å². The molecule has 0 amide bonds. The van der Waals surface area contributed by atoms with Crippen molar-refractivity contribution in [3.63, 3.8) is 0 Å². The predicted molar refractivity (Wildman–Crippen MR) is 91.5 cm³/mol. The second-order valence-electron chi connectivity index (χ2n) is 5.44. The molecule has 9 heteroatoms. The number of rotatable bonds is 4. The lowest BCUT2D eigenvalue weighted by Crippen LogP contribution is -2.32. The summed E-state index contributed by atoms with van der Waals surface area (Å²) in [5.74, 6) is 0.319. The van der Waals surface area contributed by atoms with Gasteiger partial charge in [-0.25, -0.2) is 8.42 Å². The van der Waals surface area contributed by atoms with Crippen molar-refractivity contribution < 1.29 is 13.3 Å². The number of nitro benzene ring substituents is 1. The van der Waals surface area contributed by atoms with Crippen LogP contribution in [0.4, 0.5) is 5.69 Å². The van der Waals surface area contributed by atoms with Crippen LogP contribution >= 0.6 is 15.9 Å². The van der Waals surface area contributed by atoms with E-state index < -0.39 is 14.9 Å². The fourth-order valence-electron chi connectivity index (χ4n) is 2.49. The highest BCUT2D eigenvalue weighted by atomic mass is 79.9. The molecule has 1 fully saturated rings. The molecule has 0 radical (unpaired) electrons. The van der Waals surface area contributed by atoms with Gasteiger partial charge in [-0.05, 0) is 31.9 Å². The van der Waals surface area contributed by atoms with E-state index in [9.17, 15) is 18.5 Å². The van der Waals surface area contributed by atoms with Crippen LogP contribution in [0.2, 0.25) is 0 Å². The topological polar surface area (TPSA) is 102 Å². The Morgan fingerprint density at radius 3 is 2.48 bits per heavy atom. The maximum Gasteiger partial charge on any atom is 0.269 e. The smallest absolute Gasteiger partial charge is 0.268 e. The molecule has 2 rings (SSSR count). The molecular weight excluding hydrogens is 386 g/mol. The largest absolute Gasteiger partial charge is 0.269 e. The van der Waals surface area contributed by atoms with E-state index in [1.165, 1.54) is 12.1 Å². The Bertz CT molecular complexity index is 703. The van der Waals surface area contributed by atoms with Crippen molar-refractivity contribution in [2.45, 2.75) is 48.4 Å². The van der Waals surface area contributed by atoms with E-state index >= 15 is 0 Å². The van der Waals surface area contributed by atoms with Crippen LogP contribution in [0.5, 0.6) is 0 Å². The van der Waals surface area contributed by atoms with Crippen molar-refractivity contribution in [3.8, 4) is 0 Å². The number of aliphatic imine (C=N–C) groups is 1. The Kier molecular flexibility index (Phi) is 5.74. The highest BCUT2D eigenvalue weighted by molar-refractivity contribution is 9.09. The van der Waals surface area contributed by atoms with Gasteiger partial charge in [0.15, 0.2) is 0 Å². The molecule has 1 aliphatic rings. The molecule has 0 saturated heterocycles. The van der Waals surface area contributed by atoms with Gasteiger partial charge in [0.25, 0.3) is 15.7 Å². The Hall–Kier alpha value is -1.48. The van der Waals surface area contributed by atoms with Gasteiger partial charge in [-0.15, -0.1) is 0 Å². The van der Waals surface area contributed by atoms with Gasteiger partial charge in [-0.1, -0.05) is 28.8 Å². The Labute approximate surface area is 143 Å². The summed E-state index contributed by atoms with van der Waals surface area (Å²) in [6.45, 7) is 1.61. The first-order valence-corrected chi connectivity index (χ1v) is 9.65. The molecule has 0 spiro atoms. The minimum Gasteiger partial charge on any atom is -0.268 e. The summed E-state index contributed by atoms with van der Waals surface area (Å²) in [7, 11) is -3.79. The van der Waals surface area contributed by atoms with E-state index in [4.69, 9.17) is 0 Å². The molecule has 126 valence electrons. The Balaban J connectivity index is 2.12. The van der Waals surface area contributed by atoms with Gasteiger partial charge in [0.05, 0.1) is 15.9 Å². The number of hydrogen-bond acceptors (Lipinski definition) is 5. The van der Waals surface area contributed by atoms with Crippen LogP contribution in [0.1, 0.15) is 32.6 Å². The van der Waals surface area contributed by atoms with Gasteiger partial charge in [0.2, 0.25) is 0 Å². The zero-order valence-electron chi connectivity index (χ0n) is 12.6. The first-order chi connectivity index (χ1) is 10.8. The zero-order chi connectivity index (χ0) is 17.0. The number of hydrogen-bond donors (Lipinski definition) is 1. The molecule has 0 aromatic heterocycles. The zero-order valence-corrected chi connectivity index (χ0v) is 15.0. The first-order valence-electron chi connectivity index (χ1n) is 7.25. The summed E-state index contributed by atoms with van der Waals surface area (Å²) in [4.78, 5) is 14.7. The van der Waals surface area contributed by atoms with Gasteiger partial charge >= 0.3 is 0 Å². The molecular formula is C14H18BrN3O4S. The Morgan fingerprint density at radius 1 is 1.30 bits per heavy atom. The number of nitro groups is 1. The molecule has 23 heavy (non-hydrogen) atoms. The van der Waals surface area contributed by atoms with E-state index in [0.717, 1.165) is 37.8 Å². The lowest BCUT2D eigenvalue weighted by Gasteiger charge is -2.24. The van der Waals surface area contributed by atoms with Crippen molar-refractivity contribution >= 4 is 37.5 Å². The summed E-state index contributed by atoms with van der Waals surface area (Å²) < 4.78 is 27.0. The maximum absolute atomic E-state index is 12.3. The number of nitrogens with one attached hydrogen (secondary N) is 1. The molecule has 0 bridgehead atoms. The molecule has 0 heterocycles. The molecule has 1 aromatic carbocycles. The lowest BCUT2D eigenvalue weighted by molar-refractivity contribution is -0.384. The van der Waals surface area contributed by atoms with E-state index in [2.05, 4.69) is 25.6 Å². The normalized spacial score (nSPS) is 22.6. The molecule has 7 nitrogen and oxygen atoms in total. The second-order valence-corrected chi connectivity index (χ2v) is 8.30. The minimum absolute atomic E-state index is 0.0308. The summed E-state index contributed by atoms with van der Waals surface area (Å²) >= 11 is 3.58. The number of halogens is 1. The van der Waals surface area contributed by atoms with Crippen LogP contribution in [0.15, 0.2) is 34.2 Å². The van der Waals surface area contributed by atoms with Gasteiger partial charge in [-0.3, -0.25) is 19.8 Å². The quantitative estimate of drug-likeness (QED) is 0.274. The molecule has 1 aromatic rings. The molecule has 2 atom stereocenters. The van der Waals surface area contributed by atoms with E-state index in [1.54, 1.807) is 6.92 Å². The van der Waals surface area contributed by atoms with Crippen molar-refractivity contribution in [2.24, 2.45) is 4.99 Å². The molecule has 1 saturated carbocycles. The average Bonchev–Trinajstić information content (AvgIpc) is 2.49. The number of amidine groups is 1. The van der Waals surface area contributed by atoms with Crippen LogP contribution in [0, 0.1) is 10.1 Å². The Morgan fingerprint density at radius 2 is 1.91 bits per heavy atom. The van der Waals surface area contributed by atoms with Gasteiger partial charge in [0, 0.05) is 17.0 Å². The highest BCUT2D eigenvalue weighted by Gasteiger charge is 2.23. The van der Waals surface area contributed by atoms with Crippen LogP contribution in [-0.4, -0.2) is 30.0 Å². The molecule has 0 aliphatic heterocycles. The van der Waals surface area contributed by atoms with Crippen molar-refractivity contribution in [2.75, 3.05) is 0 Å². The highest BCUT2D eigenvalue weighted by Crippen LogP contribution is 2.27. The van der Waals surface area contributed by atoms with Crippen LogP contribution in [0.25, 0.3) is 0 Å². The molecule has 0 unspecified atom stereocenters. The van der Waals surface area contributed by atoms with Crippen molar-refractivity contribution in [1.82, 2.24) is 4.72 Å². The van der Waals surface area contributed by atoms with Crippen LogP contribution in [-0.2, 0) is 10.0 Å². The van der Waals surface area contributed by atoms with Crippen molar-refractivity contribution in [1.29, 1.82) is 0 Å². The number of sulfonamides is 1. The van der Waals surface area contributed by atoms with Crippen molar-refractivity contribution in [3.05, 3.63) is 34.4 Å². The summed E-state index contributed by atoms with van der Waals surface area (Å²) in [6.07, 6.45) is 4.18. The molecule has 1 aliphatic carbocycles. The number of nitrogens with zero attached hydrogens (tertiary/aromatic N) is 2. The first kappa shape index (κ1) is 17.9. The predicted octanol–water partition coefficient (Wildman–Crippen LogP) is 3.00. The summed E-state index contributed by atoms with van der Waals surface area (Å²) in [6, 6.07) is 4.81. The van der Waals surface area contributed by atoms with E-state index in [1.807, 2.05) is 0 Å². The second kappa shape index (κ2) is 7.39. The average molecular weight is 404 g/mol. The monoisotopic (exact) mass is 403 g/mol. The van der Waals surface area contributed by atoms with E-state index in [-0.39, 0.29) is 21.5 Å². The lowest BCUT2D eigenvalue weighted by atomic mass is 9.96. The number of alkyl halides is 1. The van der Waals surface area contributed by atoms with E-state index in [0.29, 0.717) is 5.84 Å². The maximum atomic E-state index is 12.3.